The van der Waals surface area contributed by atoms with Crippen molar-refractivity contribution in [1.29, 1.82) is 0 Å². The van der Waals surface area contributed by atoms with Crippen LogP contribution in [0.1, 0.15) is 5.56 Å². The van der Waals surface area contributed by atoms with E-state index in [1.54, 1.807) is 18.2 Å². The molecule has 0 fully saturated rings. The summed E-state index contributed by atoms with van der Waals surface area (Å²) >= 11 is 0. The Kier molecular flexibility index (Phi) is 3.11. The minimum absolute atomic E-state index is 0.416. The Morgan fingerprint density at radius 1 is 1.21 bits per heavy atom. The molecule has 5 heteroatoms. The highest BCUT2D eigenvalue weighted by atomic mass is 19.4. The third kappa shape index (κ3) is 2.76. The number of oxime groups is 1. The first-order chi connectivity index (χ1) is 6.54. The lowest BCUT2D eigenvalue weighted by molar-refractivity contribution is -0.0622. The van der Waals surface area contributed by atoms with Gasteiger partial charge in [-0.25, -0.2) is 0 Å². The van der Waals surface area contributed by atoms with Crippen molar-refractivity contribution in [3.05, 3.63) is 35.9 Å². The summed E-state index contributed by atoms with van der Waals surface area (Å²) in [5.41, 5.74) is -0.735. The summed E-state index contributed by atoms with van der Waals surface area (Å²) in [7, 11) is 0. The van der Waals surface area contributed by atoms with Crippen LogP contribution in [0.4, 0.5) is 13.2 Å². The topological polar surface area (TPSA) is 32.6 Å². The fraction of sp³-hybridized carbons (Fsp3) is 0.222. The summed E-state index contributed by atoms with van der Waals surface area (Å²) in [4.78, 5) is 0. The molecule has 0 aromatic heterocycles. The molecule has 0 saturated carbocycles. The van der Waals surface area contributed by atoms with Gasteiger partial charge in [-0.1, -0.05) is 35.5 Å². The van der Waals surface area contributed by atoms with Crippen LogP contribution in [0.15, 0.2) is 35.5 Å². The number of benzene rings is 1. The van der Waals surface area contributed by atoms with Gasteiger partial charge in [-0.2, -0.15) is 13.2 Å². The molecule has 0 radical (unpaired) electrons. The van der Waals surface area contributed by atoms with E-state index in [0.29, 0.717) is 5.56 Å². The van der Waals surface area contributed by atoms with Crippen LogP contribution in [0.5, 0.6) is 0 Å². The van der Waals surface area contributed by atoms with E-state index in [1.807, 2.05) is 0 Å². The van der Waals surface area contributed by atoms with E-state index in [0.717, 1.165) is 0 Å². The molecule has 0 aliphatic heterocycles. The van der Waals surface area contributed by atoms with Gasteiger partial charge in [-0.15, -0.1) is 0 Å². The van der Waals surface area contributed by atoms with Gasteiger partial charge in [-0.05, 0) is 5.56 Å². The zero-order valence-electron chi connectivity index (χ0n) is 7.12. The van der Waals surface area contributed by atoms with Gasteiger partial charge in [0.15, 0.2) is 5.71 Å². The fourth-order valence-electron chi connectivity index (χ4n) is 0.981. The summed E-state index contributed by atoms with van der Waals surface area (Å²) in [6, 6.07) is 8.03. The smallest absolute Gasteiger partial charge is 0.411 e. The first kappa shape index (κ1) is 10.6. The molecule has 0 saturated heterocycles. The van der Waals surface area contributed by atoms with Gasteiger partial charge >= 0.3 is 6.18 Å². The third-order valence-corrected chi connectivity index (χ3v) is 1.66. The Morgan fingerprint density at radius 3 is 2.21 bits per heavy atom. The lowest BCUT2D eigenvalue weighted by Crippen LogP contribution is -2.25. The maximum Gasteiger partial charge on any atom is 0.433 e. The van der Waals surface area contributed by atoms with Crippen molar-refractivity contribution in [2.75, 3.05) is 0 Å². The van der Waals surface area contributed by atoms with E-state index >= 15 is 0 Å². The Hall–Kier alpha value is -1.52. The highest BCUT2D eigenvalue weighted by Gasteiger charge is 2.36. The second-order valence-electron chi connectivity index (χ2n) is 2.71. The van der Waals surface area contributed by atoms with Gasteiger partial charge in [0.05, 0.1) is 0 Å². The zero-order chi connectivity index (χ0) is 10.6. The minimum Gasteiger partial charge on any atom is -0.411 e. The molecule has 0 aliphatic carbocycles. The highest BCUT2D eigenvalue weighted by molar-refractivity contribution is 5.90. The van der Waals surface area contributed by atoms with Gasteiger partial charge in [0, 0.05) is 6.42 Å². The van der Waals surface area contributed by atoms with Crippen molar-refractivity contribution in [1.82, 2.24) is 0 Å². The Bertz CT molecular complexity index is 319. The molecule has 0 heterocycles. The number of hydrogen-bond acceptors (Lipinski definition) is 2. The maximum absolute atomic E-state index is 12.1. The predicted molar refractivity (Wildman–Crippen MR) is 45.4 cm³/mol. The molecule has 0 aliphatic rings. The van der Waals surface area contributed by atoms with E-state index in [2.05, 4.69) is 5.16 Å². The van der Waals surface area contributed by atoms with Gasteiger partial charge < -0.3 is 5.21 Å². The van der Waals surface area contributed by atoms with Crippen LogP contribution in [0.2, 0.25) is 0 Å². The Labute approximate surface area is 78.7 Å². The van der Waals surface area contributed by atoms with Crippen molar-refractivity contribution in [3.63, 3.8) is 0 Å². The standard InChI is InChI=1S/C9H8F3NO/c10-9(11,12)8(13-14)6-7-4-2-1-3-5-7/h1-5,14H,6H2/b13-8+. The average molecular weight is 203 g/mol. The monoisotopic (exact) mass is 203 g/mol. The van der Waals surface area contributed by atoms with Crippen molar-refractivity contribution in [2.45, 2.75) is 12.6 Å². The second kappa shape index (κ2) is 4.13. The molecule has 76 valence electrons. The molecule has 1 N–H and O–H groups in total. The molecule has 0 atom stereocenters. The van der Waals surface area contributed by atoms with Gasteiger partial charge in [0.1, 0.15) is 0 Å². The Morgan fingerprint density at radius 2 is 1.79 bits per heavy atom. The molecule has 2 nitrogen and oxygen atoms in total. The number of nitrogens with zero attached hydrogens (tertiary/aromatic N) is 1. The molecule has 0 amide bonds. The molecule has 0 spiro atoms. The average Bonchev–Trinajstić information content (AvgIpc) is 2.14. The van der Waals surface area contributed by atoms with E-state index < -0.39 is 18.3 Å². The van der Waals surface area contributed by atoms with Crippen molar-refractivity contribution in [3.8, 4) is 0 Å². The van der Waals surface area contributed by atoms with Crippen LogP contribution in [-0.4, -0.2) is 17.1 Å². The molecule has 0 unspecified atom stereocenters. The number of hydrogen-bond donors (Lipinski definition) is 1. The first-order valence-corrected chi connectivity index (χ1v) is 3.86. The SMILES string of the molecule is O/N=C(\Cc1ccccc1)C(F)(F)F. The fourth-order valence-corrected chi connectivity index (χ4v) is 0.981. The molecule has 1 rings (SSSR count). The molecular weight excluding hydrogens is 195 g/mol. The van der Waals surface area contributed by atoms with Gasteiger partial charge in [0.25, 0.3) is 0 Å². The first-order valence-electron chi connectivity index (χ1n) is 3.86. The lowest BCUT2D eigenvalue weighted by atomic mass is 10.1. The van der Waals surface area contributed by atoms with Gasteiger partial charge in [-0.3, -0.25) is 0 Å². The molecular formula is C9H8F3NO. The zero-order valence-corrected chi connectivity index (χ0v) is 7.12. The second-order valence-corrected chi connectivity index (χ2v) is 2.71. The van der Waals surface area contributed by atoms with Crippen LogP contribution in [-0.2, 0) is 6.42 Å². The van der Waals surface area contributed by atoms with E-state index in [9.17, 15) is 13.2 Å². The van der Waals surface area contributed by atoms with Crippen LogP contribution in [0, 0.1) is 0 Å². The molecule has 1 aromatic rings. The largest absolute Gasteiger partial charge is 0.433 e. The summed E-state index contributed by atoms with van der Waals surface area (Å²) < 4.78 is 36.3. The lowest BCUT2D eigenvalue weighted by Gasteiger charge is -2.07. The molecule has 1 aromatic carbocycles. The maximum atomic E-state index is 12.1. The van der Waals surface area contributed by atoms with Crippen molar-refractivity contribution >= 4 is 5.71 Å². The van der Waals surface area contributed by atoms with Crippen LogP contribution in [0.3, 0.4) is 0 Å². The minimum atomic E-state index is -4.58. The molecule has 0 bridgehead atoms. The van der Waals surface area contributed by atoms with Crippen LogP contribution >= 0.6 is 0 Å². The van der Waals surface area contributed by atoms with E-state index in [-0.39, 0.29) is 0 Å². The van der Waals surface area contributed by atoms with Crippen LogP contribution < -0.4 is 0 Å². The van der Waals surface area contributed by atoms with E-state index in [1.165, 1.54) is 12.1 Å². The van der Waals surface area contributed by atoms with Crippen molar-refractivity contribution in [2.24, 2.45) is 5.16 Å². The summed E-state index contributed by atoms with van der Waals surface area (Å²) in [6.45, 7) is 0. The predicted octanol–water partition coefficient (Wildman–Crippen LogP) is 2.62. The number of alkyl halides is 3. The third-order valence-electron chi connectivity index (χ3n) is 1.66. The summed E-state index contributed by atoms with van der Waals surface area (Å²) in [5, 5.41) is 10.4. The normalized spacial score (nSPS) is 12.9. The van der Waals surface area contributed by atoms with Crippen molar-refractivity contribution < 1.29 is 18.4 Å². The number of halogens is 3. The summed E-state index contributed by atoms with van der Waals surface area (Å²) in [5.74, 6) is 0. The van der Waals surface area contributed by atoms with Crippen LogP contribution in [0.25, 0.3) is 0 Å². The molecule has 14 heavy (non-hydrogen) atoms. The van der Waals surface area contributed by atoms with Gasteiger partial charge in [0.2, 0.25) is 0 Å². The highest BCUT2D eigenvalue weighted by Crippen LogP contribution is 2.19. The number of rotatable bonds is 2. The Balaban J connectivity index is 2.78. The summed E-state index contributed by atoms with van der Waals surface area (Å²) in [6.07, 6.45) is -4.99. The van der Waals surface area contributed by atoms with E-state index in [4.69, 9.17) is 5.21 Å². The quantitative estimate of drug-likeness (QED) is 0.447.